The van der Waals surface area contributed by atoms with Gasteiger partial charge in [0.15, 0.2) is 0 Å². The van der Waals surface area contributed by atoms with Crippen LogP contribution in [-0.4, -0.2) is 43.3 Å². The van der Waals surface area contributed by atoms with Gasteiger partial charge in [0.2, 0.25) is 0 Å². The highest BCUT2D eigenvalue weighted by atomic mass is 16.2. The number of hydrogen-bond donors (Lipinski definition) is 2. The van der Waals surface area contributed by atoms with Gasteiger partial charge in [-0.25, -0.2) is 9.97 Å². The monoisotopic (exact) mass is 385 g/mol. The van der Waals surface area contributed by atoms with Gasteiger partial charge in [0.25, 0.3) is 5.91 Å². The lowest BCUT2D eigenvalue weighted by Gasteiger charge is -2.54. The lowest BCUT2D eigenvalue weighted by Crippen LogP contribution is -2.59. The van der Waals surface area contributed by atoms with Gasteiger partial charge >= 0.3 is 0 Å². The standard InChI is InChI=1S/C23H23N5O/c1-13-21-9-15-8-19-20(27-12-26-19)10-16(15)23(13,2)5-6-28(21)22(29)14-3-4-17-18(7-14)25-11-24-17/h3-4,7-8,10-13,21H,5-6,9H2,1-2H3,(H,24,25)(H,26,27)/t13-,21-,23-/m1/s1. The largest absolute Gasteiger partial charge is 0.345 e. The Morgan fingerprint density at radius 2 is 1.86 bits per heavy atom. The molecule has 2 bridgehead atoms. The maximum Gasteiger partial charge on any atom is 0.254 e. The maximum atomic E-state index is 13.5. The minimum absolute atomic E-state index is 0.0650. The molecule has 2 aromatic heterocycles. The highest BCUT2D eigenvalue weighted by molar-refractivity contribution is 5.97. The van der Waals surface area contributed by atoms with E-state index in [4.69, 9.17) is 0 Å². The van der Waals surface area contributed by atoms with E-state index in [1.54, 1.807) is 12.7 Å². The molecular formula is C23H23N5O. The number of aromatic nitrogens is 4. The van der Waals surface area contributed by atoms with Crippen LogP contribution in [-0.2, 0) is 11.8 Å². The normalized spacial score (nSPS) is 26.1. The number of piperidine rings is 1. The van der Waals surface area contributed by atoms with Crippen LogP contribution in [0.25, 0.3) is 22.1 Å². The molecule has 0 saturated carbocycles. The van der Waals surface area contributed by atoms with Crippen LogP contribution in [0.15, 0.2) is 43.0 Å². The minimum atomic E-state index is 0.0650. The summed E-state index contributed by atoms with van der Waals surface area (Å²) in [5, 5.41) is 0. The number of imidazole rings is 2. The molecule has 1 amide bonds. The van der Waals surface area contributed by atoms with Crippen molar-refractivity contribution in [3.63, 3.8) is 0 Å². The first-order valence-corrected chi connectivity index (χ1v) is 10.3. The Morgan fingerprint density at radius 1 is 1.10 bits per heavy atom. The van der Waals surface area contributed by atoms with E-state index in [9.17, 15) is 4.79 Å². The van der Waals surface area contributed by atoms with Crippen LogP contribution in [0, 0.1) is 5.92 Å². The molecule has 6 heteroatoms. The van der Waals surface area contributed by atoms with Crippen LogP contribution in [0.2, 0.25) is 0 Å². The van der Waals surface area contributed by atoms with Crippen molar-refractivity contribution in [1.29, 1.82) is 0 Å². The smallest absolute Gasteiger partial charge is 0.254 e. The van der Waals surface area contributed by atoms with Crippen molar-refractivity contribution < 1.29 is 4.79 Å². The predicted molar refractivity (Wildman–Crippen MR) is 112 cm³/mol. The molecule has 1 fully saturated rings. The number of H-pyrrole nitrogens is 2. The third kappa shape index (κ3) is 2.26. The number of nitrogens with zero attached hydrogens (tertiary/aromatic N) is 3. The number of benzene rings is 2. The van der Waals surface area contributed by atoms with Crippen molar-refractivity contribution in [2.45, 2.75) is 38.1 Å². The van der Waals surface area contributed by atoms with Crippen LogP contribution in [0.1, 0.15) is 41.8 Å². The molecular weight excluding hydrogens is 362 g/mol. The topological polar surface area (TPSA) is 77.7 Å². The molecule has 1 aliphatic carbocycles. The van der Waals surface area contributed by atoms with E-state index in [1.807, 2.05) is 18.2 Å². The molecule has 2 aromatic carbocycles. The Balaban J connectivity index is 1.41. The molecule has 29 heavy (non-hydrogen) atoms. The number of aromatic amines is 2. The fraction of sp³-hybridized carbons (Fsp3) is 0.348. The van der Waals surface area contributed by atoms with Crippen LogP contribution in [0.4, 0.5) is 0 Å². The van der Waals surface area contributed by atoms with Gasteiger partial charge in [0.05, 0.1) is 34.7 Å². The number of rotatable bonds is 1. The van der Waals surface area contributed by atoms with Gasteiger partial charge in [-0.15, -0.1) is 0 Å². The molecule has 1 saturated heterocycles. The highest BCUT2D eigenvalue weighted by Gasteiger charge is 2.49. The first kappa shape index (κ1) is 16.8. The van der Waals surface area contributed by atoms with E-state index < -0.39 is 0 Å². The van der Waals surface area contributed by atoms with Crippen molar-refractivity contribution in [2.24, 2.45) is 5.92 Å². The molecule has 0 unspecified atom stereocenters. The summed E-state index contributed by atoms with van der Waals surface area (Å²) in [6.45, 7) is 5.45. The Hall–Kier alpha value is -3.15. The van der Waals surface area contributed by atoms with Gasteiger partial charge in [0, 0.05) is 18.2 Å². The zero-order chi connectivity index (χ0) is 19.8. The summed E-state index contributed by atoms with van der Waals surface area (Å²) in [5.41, 5.74) is 7.44. The average molecular weight is 385 g/mol. The summed E-state index contributed by atoms with van der Waals surface area (Å²) in [6.07, 6.45) is 5.28. The fourth-order valence-corrected chi connectivity index (χ4v) is 5.55. The lowest BCUT2D eigenvalue weighted by atomic mass is 9.59. The summed E-state index contributed by atoms with van der Waals surface area (Å²) in [4.78, 5) is 30.6. The maximum absolute atomic E-state index is 13.5. The van der Waals surface area contributed by atoms with Crippen LogP contribution >= 0.6 is 0 Å². The summed E-state index contributed by atoms with van der Waals surface area (Å²) in [5.74, 6) is 0.506. The Labute approximate surface area is 168 Å². The lowest BCUT2D eigenvalue weighted by molar-refractivity contribution is 0.0251. The van der Waals surface area contributed by atoms with Crippen LogP contribution < -0.4 is 0 Å². The van der Waals surface area contributed by atoms with Crippen LogP contribution in [0.5, 0.6) is 0 Å². The third-order valence-corrected chi connectivity index (χ3v) is 7.47. The first-order valence-electron chi connectivity index (χ1n) is 10.3. The van der Waals surface area contributed by atoms with Crippen molar-refractivity contribution in [3.05, 3.63) is 59.7 Å². The van der Waals surface area contributed by atoms with Gasteiger partial charge in [-0.1, -0.05) is 13.8 Å². The van der Waals surface area contributed by atoms with E-state index >= 15 is 0 Å². The number of likely N-dealkylation sites (tertiary alicyclic amines) is 1. The predicted octanol–water partition coefficient (Wildman–Crippen LogP) is 3.80. The Morgan fingerprint density at radius 3 is 2.69 bits per heavy atom. The molecule has 3 heterocycles. The molecule has 1 aliphatic heterocycles. The van der Waals surface area contributed by atoms with Crippen LogP contribution in [0.3, 0.4) is 0 Å². The van der Waals surface area contributed by atoms with Crippen molar-refractivity contribution in [3.8, 4) is 0 Å². The summed E-state index contributed by atoms with van der Waals surface area (Å²) in [7, 11) is 0. The van der Waals surface area contributed by atoms with Gasteiger partial charge in [-0.05, 0) is 65.6 Å². The molecule has 146 valence electrons. The fourth-order valence-electron chi connectivity index (χ4n) is 5.55. The second-order valence-electron chi connectivity index (χ2n) is 8.79. The number of nitrogens with one attached hydrogen (secondary N) is 2. The van der Waals surface area contributed by atoms with Gasteiger partial charge in [-0.3, -0.25) is 4.79 Å². The second-order valence-corrected chi connectivity index (χ2v) is 8.79. The van der Waals surface area contributed by atoms with E-state index in [0.29, 0.717) is 5.92 Å². The zero-order valence-electron chi connectivity index (χ0n) is 16.6. The molecule has 2 N–H and O–H groups in total. The SMILES string of the molecule is C[C@@H]1[C@H]2Cc3cc4[nH]cnc4cc3[C@]1(C)CCN2C(=O)c1ccc2nc[nH]c2c1. The molecule has 4 aromatic rings. The Bertz CT molecular complexity index is 1270. The molecule has 0 spiro atoms. The minimum Gasteiger partial charge on any atom is -0.345 e. The quantitative estimate of drug-likeness (QED) is 0.523. The van der Waals surface area contributed by atoms with E-state index in [2.05, 4.69) is 50.8 Å². The number of hydrogen-bond acceptors (Lipinski definition) is 3. The Kier molecular flexibility index (Phi) is 3.29. The summed E-state index contributed by atoms with van der Waals surface area (Å²) < 4.78 is 0. The zero-order valence-corrected chi connectivity index (χ0v) is 16.6. The van der Waals surface area contributed by atoms with Gasteiger partial charge < -0.3 is 14.9 Å². The molecule has 3 atom stereocenters. The third-order valence-electron chi connectivity index (χ3n) is 7.47. The summed E-state index contributed by atoms with van der Waals surface area (Å²) >= 11 is 0. The second kappa shape index (κ2) is 5.69. The number of carbonyl (C=O) groups is 1. The van der Waals surface area contributed by atoms with Crippen molar-refractivity contribution in [1.82, 2.24) is 24.8 Å². The highest BCUT2D eigenvalue weighted by Crippen LogP contribution is 2.49. The van der Waals surface area contributed by atoms with Gasteiger partial charge in [-0.2, -0.15) is 0 Å². The molecule has 6 rings (SSSR count). The summed E-state index contributed by atoms with van der Waals surface area (Å²) in [6, 6.07) is 10.4. The van der Waals surface area contributed by atoms with E-state index in [1.165, 1.54) is 11.1 Å². The number of amides is 1. The van der Waals surface area contributed by atoms with Crippen molar-refractivity contribution >= 4 is 28.0 Å². The van der Waals surface area contributed by atoms with E-state index in [0.717, 1.165) is 47.0 Å². The first-order chi connectivity index (χ1) is 14.0. The number of fused-ring (bicyclic) bond motifs is 6. The van der Waals surface area contributed by atoms with E-state index in [-0.39, 0.29) is 17.4 Å². The number of carbonyl (C=O) groups excluding carboxylic acids is 1. The molecule has 2 aliphatic rings. The average Bonchev–Trinajstić information content (AvgIpc) is 3.37. The molecule has 6 nitrogen and oxygen atoms in total. The van der Waals surface area contributed by atoms with Crippen molar-refractivity contribution in [2.75, 3.05) is 6.54 Å². The van der Waals surface area contributed by atoms with Gasteiger partial charge in [0.1, 0.15) is 0 Å². The molecule has 0 radical (unpaired) electrons.